The fourth-order valence-corrected chi connectivity index (χ4v) is 11.3. The molecule has 0 fully saturated rings. The zero-order valence-corrected chi connectivity index (χ0v) is 30.9. The third kappa shape index (κ3) is 3.50. The molecule has 1 spiro atoms. The normalized spacial score (nSPS) is 13.8. The molecule has 2 heteroatoms. The Labute approximate surface area is 329 Å². The van der Waals surface area contributed by atoms with Gasteiger partial charge in [0.25, 0.3) is 0 Å². The highest BCUT2D eigenvalue weighted by atomic mass is 15.0. The molecule has 262 valence electrons. The number of rotatable bonds is 1. The summed E-state index contributed by atoms with van der Waals surface area (Å²) >= 11 is 0. The predicted molar refractivity (Wildman–Crippen MR) is 236 cm³/mol. The molecule has 1 aliphatic heterocycles. The Hall–Kier alpha value is -7.42. The van der Waals surface area contributed by atoms with Gasteiger partial charge >= 0.3 is 0 Å². The van der Waals surface area contributed by atoms with Crippen LogP contribution in [-0.2, 0) is 5.41 Å². The monoisotopic (exact) mass is 720 g/mol. The summed E-state index contributed by atoms with van der Waals surface area (Å²) in [5.74, 6) is 0. The SMILES string of the molecule is c1ccc2c(c1)-c1cc3c(cc1-n1c4ccccc4c4cccc-2c41)c1ccccc1n3-c1ccc2c(c1)C1(c3ccccc3-c3ccccc31)c1ccccc1-2. The molecule has 0 saturated heterocycles. The highest BCUT2D eigenvalue weighted by Crippen LogP contribution is 2.63. The van der Waals surface area contributed by atoms with E-state index in [2.05, 4.69) is 203 Å². The van der Waals surface area contributed by atoms with Gasteiger partial charge in [0.1, 0.15) is 0 Å². The fraction of sp³-hybridized carbons (Fsp3) is 0.0182. The Balaban J connectivity index is 1.11. The number of fused-ring (bicyclic) bond motifs is 21. The highest BCUT2D eigenvalue weighted by molar-refractivity contribution is 6.18. The molecular weight excluding hydrogens is 689 g/mol. The minimum absolute atomic E-state index is 0.406. The molecule has 2 aliphatic carbocycles. The fourth-order valence-electron chi connectivity index (χ4n) is 11.3. The maximum Gasteiger partial charge on any atom is 0.0726 e. The van der Waals surface area contributed by atoms with E-state index in [1.807, 2.05) is 0 Å². The highest BCUT2D eigenvalue weighted by Gasteiger charge is 2.51. The Morgan fingerprint density at radius 3 is 1.44 bits per heavy atom. The van der Waals surface area contributed by atoms with E-state index in [4.69, 9.17) is 0 Å². The van der Waals surface area contributed by atoms with Crippen molar-refractivity contribution in [3.05, 3.63) is 216 Å². The van der Waals surface area contributed by atoms with E-state index >= 15 is 0 Å². The van der Waals surface area contributed by atoms with Gasteiger partial charge in [-0.25, -0.2) is 0 Å². The summed E-state index contributed by atoms with van der Waals surface area (Å²) in [4.78, 5) is 0. The topological polar surface area (TPSA) is 9.86 Å². The number of aromatic nitrogens is 2. The summed E-state index contributed by atoms with van der Waals surface area (Å²) in [5.41, 5.74) is 22.7. The molecule has 11 aromatic rings. The maximum absolute atomic E-state index is 2.53. The van der Waals surface area contributed by atoms with Crippen LogP contribution in [-0.4, -0.2) is 9.13 Å². The van der Waals surface area contributed by atoms with E-state index in [9.17, 15) is 0 Å². The van der Waals surface area contributed by atoms with Gasteiger partial charge in [0, 0.05) is 38.4 Å². The van der Waals surface area contributed by atoms with Crippen molar-refractivity contribution in [3.8, 4) is 55.9 Å². The van der Waals surface area contributed by atoms with Crippen LogP contribution in [0.5, 0.6) is 0 Å². The Morgan fingerprint density at radius 1 is 0.281 bits per heavy atom. The smallest absolute Gasteiger partial charge is 0.0726 e. The quantitative estimate of drug-likeness (QED) is 0.160. The first-order valence-corrected chi connectivity index (χ1v) is 19.9. The molecule has 0 amide bonds. The zero-order chi connectivity index (χ0) is 37.0. The number of benzene rings is 9. The molecule has 2 aromatic heterocycles. The molecule has 0 atom stereocenters. The number of nitrogens with zero attached hydrogens (tertiary/aromatic N) is 2. The molecule has 0 bridgehead atoms. The first-order chi connectivity index (χ1) is 28.3. The van der Waals surface area contributed by atoms with Crippen LogP contribution >= 0.6 is 0 Å². The lowest BCUT2D eigenvalue weighted by Gasteiger charge is -2.30. The van der Waals surface area contributed by atoms with E-state index in [1.54, 1.807) is 0 Å². The van der Waals surface area contributed by atoms with Crippen LogP contribution in [0.2, 0.25) is 0 Å². The van der Waals surface area contributed by atoms with E-state index in [1.165, 1.54) is 122 Å². The van der Waals surface area contributed by atoms with Crippen LogP contribution in [0.25, 0.3) is 99.5 Å². The molecule has 3 heterocycles. The minimum atomic E-state index is -0.406. The van der Waals surface area contributed by atoms with Crippen molar-refractivity contribution in [2.45, 2.75) is 5.41 Å². The second-order valence-electron chi connectivity index (χ2n) is 16.0. The number of hydrogen-bond donors (Lipinski definition) is 0. The van der Waals surface area contributed by atoms with E-state index < -0.39 is 5.41 Å². The summed E-state index contributed by atoms with van der Waals surface area (Å²) in [6, 6.07) is 73.1. The molecule has 2 nitrogen and oxygen atoms in total. The molecule has 0 unspecified atom stereocenters. The molecule has 14 rings (SSSR count). The molecule has 0 N–H and O–H groups in total. The van der Waals surface area contributed by atoms with Crippen molar-refractivity contribution in [3.63, 3.8) is 0 Å². The van der Waals surface area contributed by atoms with Gasteiger partial charge in [-0.1, -0.05) is 158 Å². The zero-order valence-electron chi connectivity index (χ0n) is 30.9. The molecule has 57 heavy (non-hydrogen) atoms. The van der Waals surface area contributed by atoms with E-state index in [0.29, 0.717) is 0 Å². The lowest BCUT2D eigenvalue weighted by molar-refractivity contribution is 0.792. The standard InChI is InChI=1S/C55H32N2/c1-2-15-35-34(14-1)42-21-13-22-43-40-19-6-12-27-51(40)57(54(42)43)53-32-45-41-20-7-11-26-50(41)56(52(45)31-44(35)53)33-28-29-39-38-18-5-10-25-48(38)55(49(39)30-33)46-23-8-3-16-36(46)37-17-4-9-24-47(37)55/h1-32H. The summed E-state index contributed by atoms with van der Waals surface area (Å²) in [6.45, 7) is 0. The average Bonchev–Trinajstić information content (AvgIpc) is 3.95. The van der Waals surface area contributed by atoms with Crippen molar-refractivity contribution in [1.82, 2.24) is 9.13 Å². The van der Waals surface area contributed by atoms with Crippen LogP contribution in [0.15, 0.2) is 194 Å². The Kier molecular flexibility index (Phi) is 5.48. The van der Waals surface area contributed by atoms with Crippen LogP contribution < -0.4 is 0 Å². The van der Waals surface area contributed by atoms with Crippen molar-refractivity contribution in [2.24, 2.45) is 0 Å². The van der Waals surface area contributed by atoms with Gasteiger partial charge in [0.15, 0.2) is 0 Å². The van der Waals surface area contributed by atoms with Gasteiger partial charge < -0.3 is 9.13 Å². The Morgan fingerprint density at radius 2 is 0.772 bits per heavy atom. The van der Waals surface area contributed by atoms with Crippen molar-refractivity contribution < 1.29 is 0 Å². The molecule has 3 aliphatic rings. The van der Waals surface area contributed by atoms with Crippen LogP contribution in [0.1, 0.15) is 22.3 Å². The van der Waals surface area contributed by atoms with E-state index in [-0.39, 0.29) is 0 Å². The van der Waals surface area contributed by atoms with Gasteiger partial charge in [0.05, 0.1) is 33.2 Å². The first kappa shape index (κ1) is 29.9. The van der Waals surface area contributed by atoms with E-state index in [0.717, 1.165) is 0 Å². The minimum Gasteiger partial charge on any atom is -0.309 e. The predicted octanol–water partition coefficient (Wildman–Crippen LogP) is 13.9. The van der Waals surface area contributed by atoms with Gasteiger partial charge in [-0.05, 0) is 92.0 Å². The lowest BCUT2D eigenvalue weighted by Crippen LogP contribution is -2.26. The van der Waals surface area contributed by atoms with Crippen LogP contribution in [0, 0.1) is 0 Å². The third-order valence-corrected chi connectivity index (χ3v) is 13.5. The van der Waals surface area contributed by atoms with Gasteiger partial charge in [-0.3, -0.25) is 0 Å². The van der Waals surface area contributed by atoms with Gasteiger partial charge in [-0.2, -0.15) is 0 Å². The molecule has 9 aromatic carbocycles. The number of para-hydroxylation sites is 3. The summed E-state index contributed by atoms with van der Waals surface area (Å²) in [7, 11) is 0. The van der Waals surface area contributed by atoms with Crippen molar-refractivity contribution >= 4 is 43.6 Å². The molecule has 0 saturated carbocycles. The summed E-state index contributed by atoms with van der Waals surface area (Å²) < 4.78 is 5.06. The number of hydrogen-bond acceptors (Lipinski definition) is 0. The lowest BCUT2D eigenvalue weighted by atomic mass is 9.70. The van der Waals surface area contributed by atoms with Crippen LogP contribution in [0.4, 0.5) is 0 Å². The summed E-state index contributed by atoms with van der Waals surface area (Å²) in [5, 5.41) is 5.08. The van der Waals surface area contributed by atoms with Crippen molar-refractivity contribution in [2.75, 3.05) is 0 Å². The molecule has 0 radical (unpaired) electrons. The first-order valence-electron chi connectivity index (χ1n) is 19.9. The van der Waals surface area contributed by atoms with Crippen LogP contribution in [0.3, 0.4) is 0 Å². The third-order valence-electron chi connectivity index (χ3n) is 13.5. The largest absolute Gasteiger partial charge is 0.309 e. The average molecular weight is 721 g/mol. The van der Waals surface area contributed by atoms with Gasteiger partial charge in [0.2, 0.25) is 0 Å². The Bertz CT molecular complexity index is 3530. The summed E-state index contributed by atoms with van der Waals surface area (Å²) in [6.07, 6.45) is 0. The maximum atomic E-state index is 2.53. The van der Waals surface area contributed by atoms with Crippen molar-refractivity contribution in [1.29, 1.82) is 0 Å². The van der Waals surface area contributed by atoms with Gasteiger partial charge in [-0.15, -0.1) is 0 Å². The second-order valence-corrected chi connectivity index (χ2v) is 16.0. The molecular formula is C55H32N2. The second kappa shape index (κ2) is 10.5.